The second kappa shape index (κ2) is 10.5. The average Bonchev–Trinajstić information content (AvgIpc) is 3.52. The molecule has 0 saturated heterocycles. The molecule has 0 saturated carbocycles. The highest BCUT2D eigenvalue weighted by Crippen LogP contribution is 2.34. The van der Waals surface area contributed by atoms with E-state index in [0.717, 1.165) is 17.7 Å². The van der Waals surface area contributed by atoms with Gasteiger partial charge >= 0.3 is 0 Å². The molecule has 0 N–H and O–H groups in total. The number of carbonyl (C=O) groups is 2. The van der Waals surface area contributed by atoms with E-state index in [0.29, 0.717) is 19.1 Å². The van der Waals surface area contributed by atoms with Crippen LogP contribution in [-0.4, -0.2) is 47.4 Å². The van der Waals surface area contributed by atoms with Crippen molar-refractivity contribution < 1.29 is 18.7 Å². The lowest BCUT2D eigenvalue weighted by atomic mass is 10.00. The predicted molar refractivity (Wildman–Crippen MR) is 133 cm³/mol. The highest BCUT2D eigenvalue weighted by Gasteiger charge is 2.34. The molecule has 6 nitrogen and oxygen atoms in total. The van der Waals surface area contributed by atoms with E-state index in [1.54, 1.807) is 28.4 Å². The summed E-state index contributed by atoms with van der Waals surface area (Å²) < 4.78 is 11.4. The zero-order valence-electron chi connectivity index (χ0n) is 20.2. The minimum absolute atomic E-state index is 0.00371. The van der Waals surface area contributed by atoms with E-state index in [1.807, 2.05) is 30.9 Å². The van der Waals surface area contributed by atoms with Gasteiger partial charge in [-0.15, -0.1) is 11.3 Å². The van der Waals surface area contributed by atoms with Gasteiger partial charge in [0.05, 0.1) is 12.3 Å². The maximum absolute atomic E-state index is 13.5. The minimum atomic E-state index is -0.278. The lowest BCUT2D eigenvalue weighted by molar-refractivity contribution is -0.136. The molecule has 3 aromatic rings. The van der Waals surface area contributed by atoms with Crippen molar-refractivity contribution in [1.29, 1.82) is 0 Å². The molecule has 7 heteroatoms. The van der Waals surface area contributed by atoms with E-state index >= 15 is 0 Å². The summed E-state index contributed by atoms with van der Waals surface area (Å²) in [6, 6.07) is 13.2. The van der Waals surface area contributed by atoms with Gasteiger partial charge in [-0.25, -0.2) is 0 Å². The number of amides is 2. The van der Waals surface area contributed by atoms with E-state index in [4.69, 9.17) is 9.15 Å². The molecule has 0 fully saturated rings. The van der Waals surface area contributed by atoms with Crippen LogP contribution in [0, 0.1) is 0 Å². The first-order valence-corrected chi connectivity index (χ1v) is 12.7. The first-order chi connectivity index (χ1) is 16.3. The van der Waals surface area contributed by atoms with Crippen LogP contribution < -0.4 is 4.74 Å². The van der Waals surface area contributed by atoms with E-state index in [-0.39, 0.29) is 36.2 Å². The lowest BCUT2D eigenvalue weighted by Crippen LogP contribution is -2.49. The van der Waals surface area contributed by atoms with E-state index in [2.05, 4.69) is 37.4 Å². The summed E-state index contributed by atoms with van der Waals surface area (Å²) in [4.78, 5) is 31.2. The Morgan fingerprint density at radius 3 is 2.56 bits per heavy atom. The number of hydrogen-bond acceptors (Lipinski definition) is 5. The second-order valence-corrected chi connectivity index (χ2v) is 10.2. The van der Waals surface area contributed by atoms with Gasteiger partial charge in [-0.05, 0) is 73.0 Å². The fourth-order valence-electron chi connectivity index (χ4n) is 4.27. The van der Waals surface area contributed by atoms with E-state index in [1.165, 1.54) is 16.7 Å². The number of thiophene rings is 1. The number of rotatable bonds is 8. The molecule has 180 valence electrons. The lowest BCUT2D eigenvalue weighted by Gasteiger charge is -2.37. The molecule has 3 heterocycles. The van der Waals surface area contributed by atoms with Crippen molar-refractivity contribution in [3.63, 3.8) is 0 Å². The highest BCUT2D eigenvalue weighted by atomic mass is 32.1. The van der Waals surface area contributed by atoms with Crippen LogP contribution in [0.2, 0.25) is 0 Å². The van der Waals surface area contributed by atoms with Crippen molar-refractivity contribution in [2.24, 2.45) is 0 Å². The van der Waals surface area contributed by atoms with Crippen LogP contribution >= 0.6 is 11.3 Å². The molecule has 0 radical (unpaired) electrons. The number of ether oxygens (including phenoxy) is 1. The summed E-state index contributed by atoms with van der Waals surface area (Å²) in [6.07, 6.45) is 2.28. The molecule has 0 spiro atoms. The number of nitrogens with zero attached hydrogens (tertiary/aromatic N) is 2. The largest absolute Gasteiger partial charge is 0.491 e. The van der Waals surface area contributed by atoms with Crippen molar-refractivity contribution in [2.45, 2.75) is 52.1 Å². The Kier molecular flexibility index (Phi) is 7.41. The number of benzene rings is 1. The molecule has 1 atom stereocenters. The molecule has 1 aromatic carbocycles. The summed E-state index contributed by atoms with van der Waals surface area (Å²) in [6.45, 7) is 9.10. The fourth-order valence-corrected chi connectivity index (χ4v) is 5.19. The summed E-state index contributed by atoms with van der Waals surface area (Å²) >= 11 is 1.72. The third-order valence-electron chi connectivity index (χ3n) is 6.29. The quantitative estimate of drug-likeness (QED) is 0.426. The smallest absolute Gasteiger partial charge is 0.290 e. The van der Waals surface area contributed by atoms with Gasteiger partial charge in [0.15, 0.2) is 5.76 Å². The van der Waals surface area contributed by atoms with Gasteiger partial charge in [0, 0.05) is 17.5 Å². The average molecular weight is 481 g/mol. The number of carbonyl (C=O) groups excluding carboxylic acids is 2. The molecule has 1 aliphatic rings. The Bertz CT molecular complexity index is 1100. The zero-order chi connectivity index (χ0) is 24.2. The van der Waals surface area contributed by atoms with Crippen molar-refractivity contribution in [3.8, 4) is 5.75 Å². The zero-order valence-corrected chi connectivity index (χ0v) is 21.0. The highest BCUT2D eigenvalue weighted by molar-refractivity contribution is 7.10. The van der Waals surface area contributed by atoms with Crippen molar-refractivity contribution in [2.75, 3.05) is 19.7 Å². The van der Waals surface area contributed by atoms with Gasteiger partial charge in [-0.2, -0.15) is 0 Å². The maximum atomic E-state index is 13.5. The Labute approximate surface area is 205 Å². The molecule has 0 unspecified atom stereocenters. The third kappa shape index (κ3) is 5.20. The van der Waals surface area contributed by atoms with Gasteiger partial charge in [0.2, 0.25) is 5.91 Å². The standard InChI is InChI=1S/C27H32N2O4S/c1-18(2)20-7-9-21(10-8-20)33-17-23-22-12-15-34-25(22)11-13-28(23)26(30)16-29(19(3)4)27(31)24-6-5-14-32-24/h5-10,12,14-15,18-19,23H,11,13,16-17H2,1-4H3/t23-/m1/s1. The van der Waals surface area contributed by atoms with Crippen LogP contribution in [0.4, 0.5) is 0 Å². The second-order valence-electron chi connectivity index (χ2n) is 9.19. The summed E-state index contributed by atoms with van der Waals surface area (Å²) in [7, 11) is 0. The summed E-state index contributed by atoms with van der Waals surface area (Å²) in [5, 5.41) is 2.07. The molecular weight excluding hydrogens is 448 g/mol. The van der Waals surface area contributed by atoms with Gasteiger partial charge in [0.1, 0.15) is 18.9 Å². The fraction of sp³-hybridized carbons (Fsp3) is 0.407. The summed E-state index contributed by atoms with van der Waals surface area (Å²) in [5.74, 6) is 1.12. The van der Waals surface area contributed by atoms with Gasteiger partial charge in [0.25, 0.3) is 5.91 Å². The Hall–Kier alpha value is -3.06. The Balaban J connectivity index is 1.50. The molecule has 4 rings (SSSR count). The Morgan fingerprint density at radius 2 is 1.91 bits per heavy atom. The molecule has 0 aliphatic carbocycles. The SMILES string of the molecule is CC(C)c1ccc(OC[C@@H]2c3ccsc3CCN2C(=O)CN(C(=O)c2ccco2)C(C)C)cc1. The van der Waals surface area contributed by atoms with Crippen LogP contribution in [-0.2, 0) is 11.2 Å². The van der Waals surface area contributed by atoms with Crippen LogP contribution in [0.15, 0.2) is 58.5 Å². The maximum Gasteiger partial charge on any atom is 0.290 e. The normalized spacial score (nSPS) is 15.5. The van der Waals surface area contributed by atoms with Crippen molar-refractivity contribution >= 4 is 23.2 Å². The predicted octanol–water partition coefficient (Wildman–Crippen LogP) is 5.52. The van der Waals surface area contributed by atoms with Crippen LogP contribution in [0.3, 0.4) is 0 Å². The molecule has 1 aliphatic heterocycles. The van der Waals surface area contributed by atoms with Crippen LogP contribution in [0.5, 0.6) is 5.75 Å². The van der Waals surface area contributed by atoms with Gasteiger partial charge in [-0.1, -0.05) is 26.0 Å². The van der Waals surface area contributed by atoms with Crippen LogP contribution in [0.25, 0.3) is 0 Å². The van der Waals surface area contributed by atoms with Crippen molar-refractivity contribution in [3.05, 3.63) is 75.9 Å². The first kappa shape index (κ1) is 24.1. The number of hydrogen-bond donors (Lipinski definition) is 0. The molecule has 2 aromatic heterocycles. The van der Waals surface area contributed by atoms with Crippen molar-refractivity contribution in [1.82, 2.24) is 9.80 Å². The topological polar surface area (TPSA) is 63.0 Å². The summed E-state index contributed by atoms with van der Waals surface area (Å²) in [5.41, 5.74) is 2.40. The molecule has 0 bridgehead atoms. The Morgan fingerprint density at radius 1 is 1.15 bits per heavy atom. The van der Waals surface area contributed by atoms with Crippen LogP contribution in [0.1, 0.15) is 66.2 Å². The number of fused-ring (bicyclic) bond motifs is 1. The van der Waals surface area contributed by atoms with E-state index in [9.17, 15) is 9.59 Å². The minimum Gasteiger partial charge on any atom is -0.491 e. The van der Waals surface area contributed by atoms with Gasteiger partial charge < -0.3 is 19.0 Å². The first-order valence-electron chi connectivity index (χ1n) is 11.8. The third-order valence-corrected chi connectivity index (χ3v) is 7.29. The number of furan rings is 1. The van der Waals surface area contributed by atoms with Gasteiger partial charge in [-0.3, -0.25) is 9.59 Å². The van der Waals surface area contributed by atoms with E-state index < -0.39 is 0 Å². The molecule has 34 heavy (non-hydrogen) atoms. The molecule has 2 amide bonds. The molecular formula is C27H32N2O4S. The monoisotopic (exact) mass is 480 g/mol.